The second kappa shape index (κ2) is 9.14. The van der Waals surface area contributed by atoms with Crippen LogP contribution in [0.15, 0.2) is 48.8 Å². The van der Waals surface area contributed by atoms with Crippen molar-refractivity contribution in [1.82, 2.24) is 20.5 Å². The minimum atomic E-state index is -0.484. The van der Waals surface area contributed by atoms with E-state index in [2.05, 4.69) is 15.6 Å². The number of piperazine rings is 1. The fourth-order valence-corrected chi connectivity index (χ4v) is 3.13. The van der Waals surface area contributed by atoms with Crippen molar-refractivity contribution in [3.05, 3.63) is 59.9 Å². The second-order valence-corrected chi connectivity index (χ2v) is 6.47. The van der Waals surface area contributed by atoms with Crippen molar-refractivity contribution >= 4 is 11.8 Å². The summed E-state index contributed by atoms with van der Waals surface area (Å²) in [5.41, 5.74) is 2.02. The first-order valence-corrected chi connectivity index (χ1v) is 8.96. The number of hydrogen-bond donors (Lipinski definition) is 2. The van der Waals surface area contributed by atoms with E-state index in [0.717, 1.165) is 16.9 Å². The van der Waals surface area contributed by atoms with Crippen LogP contribution in [-0.2, 0) is 22.7 Å². The van der Waals surface area contributed by atoms with Gasteiger partial charge in [-0.15, -0.1) is 0 Å². The molecule has 0 saturated carbocycles. The Hall–Kier alpha value is -2.93. The zero-order valence-electron chi connectivity index (χ0n) is 15.4. The van der Waals surface area contributed by atoms with Crippen LogP contribution in [0.4, 0.5) is 0 Å². The van der Waals surface area contributed by atoms with Gasteiger partial charge in [0.05, 0.1) is 19.6 Å². The molecule has 3 rings (SSSR count). The maximum absolute atomic E-state index is 12.4. The van der Waals surface area contributed by atoms with Gasteiger partial charge in [-0.05, 0) is 35.4 Å². The molecule has 1 aliphatic rings. The molecule has 0 bridgehead atoms. The number of ether oxygens (including phenoxy) is 1. The van der Waals surface area contributed by atoms with E-state index in [4.69, 9.17) is 4.74 Å². The Morgan fingerprint density at radius 1 is 1.30 bits per heavy atom. The van der Waals surface area contributed by atoms with E-state index in [-0.39, 0.29) is 18.2 Å². The van der Waals surface area contributed by atoms with E-state index in [0.29, 0.717) is 26.2 Å². The molecule has 7 nitrogen and oxygen atoms in total. The molecule has 0 unspecified atom stereocenters. The first-order valence-electron chi connectivity index (χ1n) is 8.96. The molecule has 1 atom stereocenters. The van der Waals surface area contributed by atoms with E-state index >= 15 is 0 Å². The summed E-state index contributed by atoms with van der Waals surface area (Å²) in [6, 6.07) is 11.0. The van der Waals surface area contributed by atoms with E-state index in [1.54, 1.807) is 19.5 Å². The largest absolute Gasteiger partial charge is 0.497 e. The van der Waals surface area contributed by atoms with Crippen LogP contribution in [0.3, 0.4) is 0 Å². The quantitative estimate of drug-likeness (QED) is 0.765. The highest BCUT2D eigenvalue weighted by atomic mass is 16.5. The minimum absolute atomic E-state index is 0.108. The van der Waals surface area contributed by atoms with Crippen LogP contribution < -0.4 is 15.4 Å². The molecule has 0 spiro atoms. The topological polar surface area (TPSA) is 83.6 Å². The number of carbonyl (C=O) groups excluding carboxylic acids is 2. The number of methoxy groups -OCH3 is 1. The SMILES string of the molecule is COc1cccc(CN2CCNC(=O)[C@H]2CC(=O)NCc2ccncc2)c1. The van der Waals surface area contributed by atoms with Crippen molar-refractivity contribution in [2.75, 3.05) is 20.2 Å². The van der Waals surface area contributed by atoms with Crippen molar-refractivity contribution in [3.8, 4) is 5.75 Å². The number of nitrogens with zero attached hydrogens (tertiary/aromatic N) is 2. The number of aromatic nitrogens is 1. The lowest BCUT2D eigenvalue weighted by Gasteiger charge is -2.34. The molecule has 142 valence electrons. The number of amides is 2. The Bertz CT molecular complexity index is 782. The molecule has 1 fully saturated rings. The number of carbonyl (C=O) groups is 2. The summed E-state index contributed by atoms with van der Waals surface area (Å²) in [6.07, 6.45) is 3.50. The van der Waals surface area contributed by atoms with Gasteiger partial charge in [0.25, 0.3) is 0 Å². The Labute approximate surface area is 158 Å². The molecular weight excluding hydrogens is 344 g/mol. The van der Waals surface area contributed by atoms with Crippen LogP contribution in [0.2, 0.25) is 0 Å². The molecular formula is C20H24N4O3. The zero-order chi connectivity index (χ0) is 19.1. The van der Waals surface area contributed by atoms with Gasteiger partial charge in [-0.1, -0.05) is 12.1 Å². The van der Waals surface area contributed by atoms with E-state index in [1.165, 1.54) is 0 Å². The molecule has 1 aromatic carbocycles. The van der Waals surface area contributed by atoms with Crippen molar-refractivity contribution in [2.24, 2.45) is 0 Å². The molecule has 2 aromatic rings. The normalized spacial score (nSPS) is 17.2. The van der Waals surface area contributed by atoms with Crippen LogP contribution in [0, 0.1) is 0 Å². The monoisotopic (exact) mass is 368 g/mol. The molecule has 1 aromatic heterocycles. The summed E-state index contributed by atoms with van der Waals surface area (Å²) in [4.78, 5) is 30.7. The minimum Gasteiger partial charge on any atom is -0.497 e. The van der Waals surface area contributed by atoms with Gasteiger partial charge in [-0.3, -0.25) is 19.5 Å². The molecule has 0 aliphatic carbocycles. The molecule has 7 heteroatoms. The summed E-state index contributed by atoms with van der Waals surface area (Å²) < 4.78 is 5.26. The number of pyridine rings is 1. The third-order valence-corrected chi connectivity index (χ3v) is 4.58. The van der Waals surface area contributed by atoms with E-state index in [9.17, 15) is 9.59 Å². The summed E-state index contributed by atoms with van der Waals surface area (Å²) in [5.74, 6) is 0.522. The summed E-state index contributed by atoms with van der Waals surface area (Å²) in [6.45, 7) is 2.29. The van der Waals surface area contributed by atoms with Gasteiger partial charge in [0.1, 0.15) is 5.75 Å². The molecule has 27 heavy (non-hydrogen) atoms. The highest BCUT2D eigenvalue weighted by molar-refractivity contribution is 5.88. The predicted molar refractivity (Wildman–Crippen MR) is 101 cm³/mol. The van der Waals surface area contributed by atoms with Crippen LogP contribution in [0.5, 0.6) is 5.75 Å². The highest BCUT2D eigenvalue weighted by Crippen LogP contribution is 2.18. The standard InChI is InChI=1S/C20H24N4O3/c1-27-17-4-2-3-16(11-17)14-24-10-9-22-20(26)18(24)12-19(25)23-13-15-5-7-21-8-6-15/h2-8,11,18H,9-10,12-14H2,1H3,(H,22,26)(H,23,25)/t18-/m1/s1. The summed E-state index contributed by atoms with van der Waals surface area (Å²) >= 11 is 0. The van der Waals surface area contributed by atoms with Gasteiger partial charge >= 0.3 is 0 Å². The fourth-order valence-electron chi connectivity index (χ4n) is 3.13. The maximum Gasteiger partial charge on any atom is 0.237 e. The first kappa shape index (κ1) is 18.8. The molecule has 0 radical (unpaired) electrons. The third-order valence-electron chi connectivity index (χ3n) is 4.58. The zero-order valence-corrected chi connectivity index (χ0v) is 15.4. The van der Waals surface area contributed by atoms with E-state index < -0.39 is 6.04 Å². The van der Waals surface area contributed by atoms with Crippen LogP contribution in [0.1, 0.15) is 17.5 Å². The van der Waals surface area contributed by atoms with Crippen LogP contribution in [-0.4, -0.2) is 47.9 Å². The first-order chi connectivity index (χ1) is 13.2. The van der Waals surface area contributed by atoms with Crippen molar-refractivity contribution in [2.45, 2.75) is 25.6 Å². The number of benzene rings is 1. The van der Waals surface area contributed by atoms with Crippen LogP contribution in [0.25, 0.3) is 0 Å². The molecule has 2 N–H and O–H groups in total. The summed E-state index contributed by atoms with van der Waals surface area (Å²) in [7, 11) is 1.63. The average Bonchev–Trinajstić information content (AvgIpc) is 2.70. The van der Waals surface area contributed by atoms with E-state index in [1.807, 2.05) is 41.3 Å². The number of rotatable bonds is 7. The average molecular weight is 368 g/mol. The smallest absolute Gasteiger partial charge is 0.237 e. The Morgan fingerprint density at radius 3 is 2.89 bits per heavy atom. The van der Waals surface area contributed by atoms with Gasteiger partial charge in [0.15, 0.2) is 0 Å². The Balaban J connectivity index is 1.61. The second-order valence-electron chi connectivity index (χ2n) is 6.47. The third kappa shape index (κ3) is 5.27. The fraction of sp³-hybridized carbons (Fsp3) is 0.350. The van der Waals surface area contributed by atoms with Gasteiger partial charge < -0.3 is 15.4 Å². The molecule has 2 heterocycles. The van der Waals surface area contributed by atoms with Gasteiger partial charge in [-0.25, -0.2) is 0 Å². The lowest BCUT2D eigenvalue weighted by atomic mass is 10.1. The van der Waals surface area contributed by atoms with Gasteiger partial charge in [0.2, 0.25) is 11.8 Å². The van der Waals surface area contributed by atoms with Crippen molar-refractivity contribution in [3.63, 3.8) is 0 Å². The number of nitrogens with one attached hydrogen (secondary N) is 2. The highest BCUT2D eigenvalue weighted by Gasteiger charge is 2.31. The van der Waals surface area contributed by atoms with Gasteiger partial charge in [-0.2, -0.15) is 0 Å². The number of hydrogen-bond acceptors (Lipinski definition) is 5. The lowest BCUT2D eigenvalue weighted by molar-refractivity contribution is -0.134. The molecule has 1 aliphatic heterocycles. The molecule has 1 saturated heterocycles. The Morgan fingerprint density at radius 2 is 2.11 bits per heavy atom. The molecule has 2 amide bonds. The predicted octanol–water partition coefficient (Wildman–Crippen LogP) is 1.10. The van der Waals surface area contributed by atoms with Crippen molar-refractivity contribution < 1.29 is 14.3 Å². The maximum atomic E-state index is 12.4. The van der Waals surface area contributed by atoms with Crippen LogP contribution >= 0.6 is 0 Å². The van der Waals surface area contributed by atoms with Gasteiger partial charge in [0, 0.05) is 38.6 Å². The lowest BCUT2D eigenvalue weighted by Crippen LogP contribution is -2.56. The summed E-state index contributed by atoms with van der Waals surface area (Å²) in [5, 5.41) is 5.73. The Kier molecular flexibility index (Phi) is 6.38. The van der Waals surface area contributed by atoms with Crippen molar-refractivity contribution in [1.29, 1.82) is 0 Å².